The number of carboxylic acids is 1. The molecule has 1 unspecified atom stereocenters. The summed E-state index contributed by atoms with van der Waals surface area (Å²) in [5.41, 5.74) is 0.273. The zero-order valence-corrected chi connectivity index (χ0v) is 13.1. The number of nitrogens with one attached hydrogen (secondary N) is 1. The van der Waals surface area contributed by atoms with E-state index in [9.17, 15) is 9.59 Å². The van der Waals surface area contributed by atoms with Gasteiger partial charge in [0, 0.05) is 19.0 Å². The van der Waals surface area contributed by atoms with Crippen LogP contribution in [0.3, 0.4) is 0 Å². The van der Waals surface area contributed by atoms with Crippen molar-refractivity contribution in [3.63, 3.8) is 0 Å². The number of carboxylic acid groups (broad SMARTS) is 1. The number of aryl methyl sites for hydroxylation is 1. The van der Waals surface area contributed by atoms with E-state index >= 15 is 0 Å². The van der Waals surface area contributed by atoms with Crippen molar-refractivity contribution < 1.29 is 19.2 Å². The average Bonchev–Trinajstić information content (AvgIpc) is 2.78. The molecule has 0 aliphatic carbocycles. The molecule has 0 spiro atoms. The summed E-state index contributed by atoms with van der Waals surface area (Å²) in [5, 5.41) is 15.3. The van der Waals surface area contributed by atoms with Crippen LogP contribution in [0.25, 0.3) is 0 Å². The fourth-order valence-corrected chi connectivity index (χ4v) is 2.23. The Labute approximate surface area is 124 Å². The molecular formula is C15H24N2O4. The lowest BCUT2D eigenvalue weighted by Crippen LogP contribution is -2.30. The quantitative estimate of drug-likeness (QED) is 0.807. The maximum Gasteiger partial charge on any atom is 0.303 e. The summed E-state index contributed by atoms with van der Waals surface area (Å²) in [6, 6.07) is 1.58. The number of aliphatic carboxylic acids is 1. The van der Waals surface area contributed by atoms with Crippen molar-refractivity contribution in [2.24, 2.45) is 11.3 Å². The van der Waals surface area contributed by atoms with E-state index in [1.165, 1.54) is 0 Å². The van der Waals surface area contributed by atoms with E-state index < -0.39 is 5.97 Å². The van der Waals surface area contributed by atoms with E-state index in [1.807, 2.05) is 0 Å². The minimum Gasteiger partial charge on any atom is -0.481 e. The van der Waals surface area contributed by atoms with Crippen LogP contribution in [0.2, 0.25) is 0 Å². The third-order valence-electron chi connectivity index (χ3n) is 3.57. The first-order valence-corrected chi connectivity index (χ1v) is 7.13. The van der Waals surface area contributed by atoms with Gasteiger partial charge in [0.25, 0.3) is 5.91 Å². The van der Waals surface area contributed by atoms with Crippen LogP contribution in [-0.4, -0.2) is 28.7 Å². The van der Waals surface area contributed by atoms with Crippen LogP contribution in [0, 0.1) is 18.3 Å². The van der Waals surface area contributed by atoms with Crippen LogP contribution >= 0.6 is 0 Å². The first-order valence-electron chi connectivity index (χ1n) is 7.13. The highest BCUT2D eigenvalue weighted by Gasteiger charge is 2.25. The Hall–Kier alpha value is -1.85. The molecule has 118 valence electrons. The van der Waals surface area contributed by atoms with Gasteiger partial charge in [-0.2, -0.15) is 0 Å². The molecule has 1 atom stereocenters. The van der Waals surface area contributed by atoms with Gasteiger partial charge in [0.1, 0.15) is 5.76 Å². The maximum atomic E-state index is 11.8. The number of carbonyl (C=O) groups is 2. The number of amides is 1. The molecule has 1 heterocycles. The van der Waals surface area contributed by atoms with Gasteiger partial charge >= 0.3 is 5.97 Å². The lowest BCUT2D eigenvalue weighted by atomic mass is 9.76. The molecule has 6 nitrogen and oxygen atoms in total. The topological polar surface area (TPSA) is 92.4 Å². The molecule has 0 aliphatic rings. The molecule has 0 saturated heterocycles. The smallest absolute Gasteiger partial charge is 0.303 e. The van der Waals surface area contributed by atoms with Crippen molar-refractivity contribution >= 4 is 11.9 Å². The van der Waals surface area contributed by atoms with E-state index in [0.29, 0.717) is 18.7 Å². The summed E-state index contributed by atoms with van der Waals surface area (Å²) in [5.74, 6) is -0.230. The molecule has 0 aliphatic heterocycles. The molecule has 0 fully saturated rings. The van der Waals surface area contributed by atoms with Crippen molar-refractivity contribution in [3.05, 3.63) is 17.5 Å². The molecule has 1 amide bonds. The third-order valence-corrected chi connectivity index (χ3v) is 3.57. The molecule has 2 N–H and O–H groups in total. The van der Waals surface area contributed by atoms with Crippen molar-refractivity contribution in [1.29, 1.82) is 0 Å². The summed E-state index contributed by atoms with van der Waals surface area (Å²) in [4.78, 5) is 22.5. The van der Waals surface area contributed by atoms with Crippen molar-refractivity contribution in [2.75, 3.05) is 6.54 Å². The largest absolute Gasteiger partial charge is 0.481 e. The fourth-order valence-electron chi connectivity index (χ4n) is 2.23. The number of hydrogen-bond donors (Lipinski definition) is 2. The zero-order valence-electron chi connectivity index (χ0n) is 13.1. The van der Waals surface area contributed by atoms with E-state index in [2.05, 4.69) is 31.2 Å². The molecule has 1 aromatic rings. The Balaban J connectivity index is 2.46. The number of nitrogens with zero attached hydrogens (tertiary/aromatic N) is 1. The maximum absolute atomic E-state index is 11.8. The average molecular weight is 296 g/mol. The van der Waals surface area contributed by atoms with E-state index in [4.69, 9.17) is 9.63 Å². The summed E-state index contributed by atoms with van der Waals surface area (Å²) in [7, 11) is 0. The van der Waals surface area contributed by atoms with Gasteiger partial charge in [-0.05, 0) is 31.1 Å². The second kappa shape index (κ2) is 7.24. The summed E-state index contributed by atoms with van der Waals surface area (Å²) >= 11 is 0. The van der Waals surface area contributed by atoms with E-state index in [-0.39, 0.29) is 29.4 Å². The minimum absolute atomic E-state index is 0.00462. The summed E-state index contributed by atoms with van der Waals surface area (Å²) in [6.07, 6.45) is 1.50. The monoisotopic (exact) mass is 296 g/mol. The number of rotatable bonds is 7. The molecule has 1 rings (SSSR count). The number of carbonyl (C=O) groups excluding carboxylic acids is 1. The highest BCUT2D eigenvalue weighted by molar-refractivity contribution is 5.92. The van der Waals surface area contributed by atoms with Crippen LogP contribution in [0.1, 0.15) is 56.3 Å². The number of aromatic nitrogens is 1. The van der Waals surface area contributed by atoms with Gasteiger partial charge in [-0.25, -0.2) is 0 Å². The third kappa shape index (κ3) is 5.97. The molecule has 0 bridgehead atoms. The molecule has 6 heteroatoms. The van der Waals surface area contributed by atoms with Gasteiger partial charge in [-0.15, -0.1) is 0 Å². The van der Waals surface area contributed by atoms with Gasteiger partial charge < -0.3 is 14.9 Å². The SMILES string of the molecule is Cc1cc(C(=O)NCCC(CCC(=O)O)C(C)(C)C)no1. The standard InChI is InChI=1S/C15H24N2O4/c1-10-9-12(17-21-10)14(20)16-8-7-11(15(2,3)4)5-6-13(18)19/h9,11H,5-8H2,1-4H3,(H,16,20)(H,18,19). The lowest BCUT2D eigenvalue weighted by molar-refractivity contribution is -0.137. The Morgan fingerprint density at radius 1 is 1.38 bits per heavy atom. The Morgan fingerprint density at radius 2 is 2.05 bits per heavy atom. The van der Waals surface area contributed by atoms with Crippen LogP contribution in [-0.2, 0) is 4.79 Å². The van der Waals surface area contributed by atoms with Gasteiger partial charge in [0.2, 0.25) is 0 Å². The highest BCUT2D eigenvalue weighted by atomic mass is 16.5. The predicted octanol–water partition coefficient (Wildman–Crippen LogP) is 2.63. The van der Waals surface area contributed by atoms with Crippen LogP contribution in [0.5, 0.6) is 0 Å². The fraction of sp³-hybridized carbons (Fsp3) is 0.667. The van der Waals surface area contributed by atoms with Crippen molar-refractivity contribution in [3.8, 4) is 0 Å². The van der Waals surface area contributed by atoms with Gasteiger partial charge in [-0.3, -0.25) is 9.59 Å². The lowest BCUT2D eigenvalue weighted by Gasteiger charge is -2.30. The van der Waals surface area contributed by atoms with E-state index in [1.54, 1.807) is 13.0 Å². The Bertz CT molecular complexity index is 488. The van der Waals surface area contributed by atoms with E-state index in [0.717, 1.165) is 6.42 Å². The van der Waals surface area contributed by atoms with Gasteiger partial charge in [-0.1, -0.05) is 25.9 Å². The second-order valence-corrected chi connectivity index (χ2v) is 6.36. The van der Waals surface area contributed by atoms with Crippen molar-refractivity contribution in [1.82, 2.24) is 10.5 Å². The van der Waals surface area contributed by atoms with Crippen LogP contribution in [0.15, 0.2) is 10.6 Å². The molecule has 1 aromatic heterocycles. The molecular weight excluding hydrogens is 272 g/mol. The normalized spacial score (nSPS) is 13.0. The predicted molar refractivity (Wildman–Crippen MR) is 78.0 cm³/mol. The molecule has 0 saturated carbocycles. The zero-order chi connectivity index (χ0) is 16.0. The van der Waals surface area contributed by atoms with Gasteiger partial charge in [0.05, 0.1) is 0 Å². The first kappa shape index (κ1) is 17.2. The second-order valence-electron chi connectivity index (χ2n) is 6.36. The minimum atomic E-state index is -0.786. The van der Waals surface area contributed by atoms with Crippen LogP contribution in [0.4, 0.5) is 0 Å². The number of hydrogen-bond acceptors (Lipinski definition) is 4. The molecule has 0 radical (unpaired) electrons. The first-order chi connectivity index (χ1) is 9.70. The Kier molecular flexibility index (Phi) is 5.93. The van der Waals surface area contributed by atoms with Crippen molar-refractivity contribution in [2.45, 2.75) is 47.0 Å². The van der Waals surface area contributed by atoms with Gasteiger partial charge in [0.15, 0.2) is 5.69 Å². The highest BCUT2D eigenvalue weighted by Crippen LogP contribution is 2.32. The molecule has 0 aromatic carbocycles. The Morgan fingerprint density at radius 3 is 2.52 bits per heavy atom. The molecule has 21 heavy (non-hydrogen) atoms. The summed E-state index contributed by atoms with van der Waals surface area (Å²) < 4.78 is 4.86. The van der Waals surface area contributed by atoms with Crippen LogP contribution < -0.4 is 5.32 Å². The summed E-state index contributed by atoms with van der Waals surface area (Å²) in [6.45, 7) is 8.48.